The number of nitrogens with one attached hydrogen (secondary N) is 1. The van der Waals surface area contributed by atoms with E-state index in [1.54, 1.807) is 7.11 Å². The second-order valence-corrected chi connectivity index (χ2v) is 5.01. The first-order chi connectivity index (χ1) is 10.1. The lowest BCUT2D eigenvalue weighted by Crippen LogP contribution is -2.41. The van der Waals surface area contributed by atoms with Gasteiger partial charge in [-0.15, -0.1) is 0 Å². The third kappa shape index (κ3) is 4.72. The van der Waals surface area contributed by atoms with Gasteiger partial charge in [0.05, 0.1) is 12.0 Å². The van der Waals surface area contributed by atoms with E-state index in [9.17, 15) is 4.79 Å². The number of anilines is 1. The van der Waals surface area contributed by atoms with Crippen LogP contribution in [0.15, 0.2) is 24.3 Å². The number of amides is 1. The van der Waals surface area contributed by atoms with Gasteiger partial charge in [0.15, 0.2) is 0 Å². The summed E-state index contributed by atoms with van der Waals surface area (Å²) in [5, 5.41) is 2.93. The molecule has 0 unspecified atom stereocenters. The maximum Gasteiger partial charge on any atom is 0.231 e. The molecule has 0 saturated carbocycles. The lowest BCUT2D eigenvalue weighted by molar-refractivity contribution is -0.125. The fourth-order valence-electron chi connectivity index (χ4n) is 2.09. The molecule has 0 radical (unpaired) electrons. The van der Waals surface area contributed by atoms with E-state index in [1.807, 2.05) is 38.1 Å². The van der Waals surface area contributed by atoms with Crippen LogP contribution < -0.4 is 15.8 Å². The first-order valence-electron chi connectivity index (χ1n) is 7.35. The van der Waals surface area contributed by atoms with Gasteiger partial charge in [0.25, 0.3) is 0 Å². The van der Waals surface area contributed by atoms with Gasteiger partial charge in [0, 0.05) is 19.3 Å². The van der Waals surface area contributed by atoms with Crippen LogP contribution in [0.2, 0.25) is 0 Å². The summed E-state index contributed by atoms with van der Waals surface area (Å²) in [5.74, 6) is 0.726. The predicted molar refractivity (Wildman–Crippen MR) is 84.5 cm³/mol. The van der Waals surface area contributed by atoms with Gasteiger partial charge >= 0.3 is 0 Å². The van der Waals surface area contributed by atoms with Gasteiger partial charge in [-0.25, -0.2) is 0 Å². The molecule has 1 aromatic carbocycles. The summed E-state index contributed by atoms with van der Waals surface area (Å²) < 4.78 is 10.4. The summed E-state index contributed by atoms with van der Waals surface area (Å²) in [7, 11) is 1.63. The number of rotatable bonds is 9. The molecule has 0 bridgehead atoms. The molecule has 1 aromatic rings. The number of ether oxygens (including phenoxy) is 2. The lowest BCUT2D eigenvalue weighted by Gasteiger charge is -2.28. The molecular weight excluding hydrogens is 268 g/mol. The molecule has 0 saturated heterocycles. The predicted octanol–water partition coefficient (Wildman–Crippen LogP) is 2.42. The molecule has 0 fully saturated rings. The second-order valence-electron chi connectivity index (χ2n) is 5.01. The molecule has 0 aromatic heterocycles. The average Bonchev–Trinajstić information content (AvgIpc) is 2.51. The highest BCUT2D eigenvalue weighted by molar-refractivity contribution is 5.95. The highest BCUT2D eigenvalue weighted by Gasteiger charge is 2.33. The molecule has 21 heavy (non-hydrogen) atoms. The van der Waals surface area contributed by atoms with Crippen molar-refractivity contribution in [3.8, 4) is 5.75 Å². The van der Waals surface area contributed by atoms with Crippen LogP contribution in [0.5, 0.6) is 5.75 Å². The molecular formula is C16H26N2O3. The standard InChI is InChI=1S/C16H26N2O3/c1-4-16(5-2,12-17)15(19)18-13-6-8-14(9-7-13)21-11-10-20-3/h6-9H,4-5,10-12,17H2,1-3H3,(H,18,19). The third-order valence-electron chi connectivity index (χ3n) is 3.89. The lowest BCUT2D eigenvalue weighted by atomic mass is 9.81. The molecule has 0 aliphatic rings. The van der Waals surface area contributed by atoms with E-state index >= 15 is 0 Å². The van der Waals surface area contributed by atoms with Crippen molar-refractivity contribution in [3.63, 3.8) is 0 Å². The van der Waals surface area contributed by atoms with E-state index in [1.165, 1.54) is 0 Å². The summed E-state index contributed by atoms with van der Waals surface area (Å²) >= 11 is 0. The van der Waals surface area contributed by atoms with Crippen LogP contribution in [0.3, 0.4) is 0 Å². The van der Waals surface area contributed by atoms with Crippen LogP contribution in [0.1, 0.15) is 26.7 Å². The van der Waals surface area contributed by atoms with E-state index in [4.69, 9.17) is 15.2 Å². The summed E-state index contributed by atoms with van der Waals surface area (Å²) in [6, 6.07) is 7.31. The normalized spacial score (nSPS) is 11.2. The summed E-state index contributed by atoms with van der Waals surface area (Å²) in [5.41, 5.74) is 6.04. The first kappa shape index (κ1) is 17.5. The monoisotopic (exact) mass is 294 g/mol. The topological polar surface area (TPSA) is 73.6 Å². The minimum Gasteiger partial charge on any atom is -0.491 e. The molecule has 3 N–H and O–H groups in total. The Morgan fingerprint density at radius 2 is 1.81 bits per heavy atom. The Bertz CT molecular complexity index is 419. The molecule has 1 amide bonds. The maximum absolute atomic E-state index is 12.4. The number of hydrogen-bond donors (Lipinski definition) is 2. The Labute approximate surface area is 126 Å². The van der Waals surface area contributed by atoms with Crippen molar-refractivity contribution in [1.82, 2.24) is 0 Å². The Hall–Kier alpha value is -1.59. The molecule has 0 heterocycles. The number of nitrogens with two attached hydrogens (primary N) is 1. The van der Waals surface area contributed by atoms with E-state index in [2.05, 4.69) is 5.32 Å². The molecule has 0 spiro atoms. The molecule has 5 heteroatoms. The summed E-state index contributed by atoms with van der Waals surface area (Å²) in [6.45, 7) is 5.38. The molecule has 0 aliphatic heterocycles. The fourth-order valence-corrected chi connectivity index (χ4v) is 2.09. The summed E-state index contributed by atoms with van der Waals surface area (Å²) in [6.07, 6.45) is 1.45. The van der Waals surface area contributed by atoms with Crippen molar-refractivity contribution >= 4 is 11.6 Å². The van der Waals surface area contributed by atoms with E-state index < -0.39 is 5.41 Å². The van der Waals surface area contributed by atoms with E-state index in [0.717, 1.165) is 24.3 Å². The molecule has 1 rings (SSSR count). The van der Waals surface area contributed by atoms with Gasteiger partial charge in [0.1, 0.15) is 12.4 Å². The largest absolute Gasteiger partial charge is 0.491 e. The van der Waals surface area contributed by atoms with Crippen molar-refractivity contribution in [2.24, 2.45) is 11.1 Å². The number of hydrogen-bond acceptors (Lipinski definition) is 4. The maximum atomic E-state index is 12.4. The van der Waals surface area contributed by atoms with Crippen LogP contribution in [0.25, 0.3) is 0 Å². The van der Waals surface area contributed by atoms with Crippen LogP contribution in [-0.4, -0.2) is 32.8 Å². The zero-order valence-corrected chi connectivity index (χ0v) is 13.1. The SMILES string of the molecule is CCC(CC)(CN)C(=O)Nc1ccc(OCCOC)cc1. The van der Waals surface area contributed by atoms with Crippen LogP contribution in [0.4, 0.5) is 5.69 Å². The van der Waals surface area contributed by atoms with Gasteiger partial charge in [-0.05, 0) is 37.1 Å². The van der Waals surface area contributed by atoms with Gasteiger partial charge in [-0.2, -0.15) is 0 Å². The van der Waals surface area contributed by atoms with Gasteiger partial charge in [0.2, 0.25) is 5.91 Å². The van der Waals surface area contributed by atoms with E-state index in [-0.39, 0.29) is 5.91 Å². The van der Waals surface area contributed by atoms with Crippen LogP contribution in [0, 0.1) is 5.41 Å². The van der Waals surface area contributed by atoms with Crippen molar-refractivity contribution in [3.05, 3.63) is 24.3 Å². The fraction of sp³-hybridized carbons (Fsp3) is 0.562. The van der Waals surface area contributed by atoms with Gasteiger partial charge in [-0.1, -0.05) is 13.8 Å². The van der Waals surface area contributed by atoms with Gasteiger partial charge in [-0.3, -0.25) is 4.79 Å². The molecule has 0 atom stereocenters. The zero-order chi connectivity index (χ0) is 15.7. The van der Waals surface area contributed by atoms with Crippen molar-refractivity contribution in [1.29, 1.82) is 0 Å². The number of benzene rings is 1. The Balaban J connectivity index is 2.64. The molecule has 5 nitrogen and oxygen atoms in total. The van der Waals surface area contributed by atoms with Crippen LogP contribution >= 0.6 is 0 Å². The molecule has 0 aliphatic carbocycles. The smallest absolute Gasteiger partial charge is 0.231 e. The van der Waals surface area contributed by atoms with E-state index in [0.29, 0.717) is 19.8 Å². The van der Waals surface area contributed by atoms with Crippen LogP contribution in [-0.2, 0) is 9.53 Å². The minimum atomic E-state index is -0.492. The number of methoxy groups -OCH3 is 1. The third-order valence-corrected chi connectivity index (χ3v) is 3.89. The van der Waals surface area contributed by atoms with Gasteiger partial charge < -0.3 is 20.5 Å². The summed E-state index contributed by atoms with van der Waals surface area (Å²) in [4.78, 5) is 12.4. The number of carbonyl (C=O) groups is 1. The Kier molecular flexibility index (Phi) is 7.19. The quantitative estimate of drug-likeness (QED) is 0.686. The minimum absolute atomic E-state index is 0.0250. The number of carbonyl (C=O) groups excluding carboxylic acids is 1. The van der Waals surface area contributed by atoms with Crippen molar-refractivity contribution < 1.29 is 14.3 Å². The second kappa shape index (κ2) is 8.64. The Morgan fingerprint density at radius 1 is 1.19 bits per heavy atom. The molecule has 118 valence electrons. The average molecular weight is 294 g/mol. The zero-order valence-electron chi connectivity index (χ0n) is 13.1. The highest BCUT2D eigenvalue weighted by Crippen LogP contribution is 2.27. The highest BCUT2D eigenvalue weighted by atomic mass is 16.5. The van der Waals surface area contributed by atoms with Crippen molar-refractivity contribution in [2.75, 3.05) is 32.2 Å². The first-order valence-corrected chi connectivity index (χ1v) is 7.35. The van der Waals surface area contributed by atoms with Crippen molar-refractivity contribution in [2.45, 2.75) is 26.7 Å². The Morgan fingerprint density at radius 3 is 2.29 bits per heavy atom.